The van der Waals surface area contributed by atoms with Crippen LogP contribution < -0.4 is 10.1 Å². The van der Waals surface area contributed by atoms with Gasteiger partial charge < -0.3 is 14.8 Å². The summed E-state index contributed by atoms with van der Waals surface area (Å²) in [4.78, 5) is 33.7. The number of carbonyl (C=O) groups is 2. The lowest BCUT2D eigenvalue weighted by molar-refractivity contribution is -0.384. The van der Waals surface area contributed by atoms with E-state index in [4.69, 9.17) is 9.47 Å². The summed E-state index contributed by atoms with van der Waals surface area (Å²) in [5.74, 6) is -1.28. The number of nitrogens with zero attached hydrogens (tertiary/aromatic N) is 1. The molecule has 0 aliphatic heterocycles. The Balaban J connectivity index is 1.69. The zero-order chi connectivity index (χ0) is 20.5. The van der Waals surface area contributed by atoms with Crippen molar-refractivity contribution in [1.82, 2.24) is 5.32 Å². The molecule has 0 fully saturated rings. The maximum Gasteiger partial charge on any atom is 0.344 e. The molecule has 2 aromatic rings. The third-order valence-corrected chi connectivity index (χ3v) is 3.71. The Morgan fingerprint density at radius 1 is 1.14 bits per heavy atom. The molecule has 0 aliphatic rings. The second kappa shape index (κ2) is 10.0. The first-order valence-electron chi connectivity index (χ1n) is 8.44. The van der Waals surface area contributed by atoms with Crippen molar-refractivity contribution >= 4 is 17.6 Å². The number of nitro benzene ring substituents is 1. The van der Waals surface area contributed by atoms with Gasteiger partial charge in [-0.1, -0.05) is 12.1 Å². The van der Waals surface area contributed by atoms with Crippen molar-refractivity contribution in [1.29, 1.82) is 0 Å². The van der Waals surface area contributed by atoms with Crippen LogP contribution in [0.4, 0.5) is 10.1 Å². The molecule has 2 aromatic carbocycles. The Morgan fingerprint density at radius 2 is 1.79 bits per heavy atom. The molecule has 0 spiro atoms. The van der Waals surface area contributed by atoms with Gasteiger partial charge >= 0.3 is 5.97 Å². The van der Waals surface area contributed by atoms with Crippen molar-refractivity contribution in [2.75, 3.05) is 13.2 Å². The topological polar surface area (TPSA) is 108 Å². The molecule has 0 bridgehead atoms. The van der Waals surface area contributed by atoms with Gasteiger partial charge in [-0.3, -0.25) is 14.9 Å². The van der Waals surface area contributed by atoms with Gasteiger partial charge in [-0.15, -0.1) is 0 Å². The number of nitrogens with one attached hydrogen (secondary N) is 1. The van der Waals surface area contributed by atoms with E-state index in [-0.39, 0.29) is 17.3 Å². The van der Waals surface area contributed by atoms with Crippen LogP contribution >= 0.6 is 0 Å². The number of halogens is 1. The Hall–Kier alpha value is -3.49. The highest BCUT2D eigenvalue weighted by Crippen LogP contribution is 2.17. The van der Waals surface area contributed by atoms with Gasteiger partial charge in [0.2, 0.25) is 0 Å². The lowest BCUT2D eigenvalue weighted by atomic mass is 10.1. The minimum absolute atomic E-state index is 0.0964. The van der Waals surface area contributed by atoms with Crippen LogP contribution in [0.3, 0.4) is 0 Å². The van der Waals surface area contributed by atoms with Crippen molar-refractivity contribution in [3.63, 3.8) is 0 Å². The van der Waals surface area contributed by atoms with Crippen LogP contribution in [0.5, 0.6) is 5.75 Å². The highest BCUT2D eigenvalue weighted by atomic mass is 19.1. The largest absolute Gasteiger partial charge is 0.482 e. The van der Waals surface area contributed by atoms with Crippen molar-refractivity contribution in [2.45, 2.75) is 19.4 Å². The van der Waals surface area contributed by atoms with Gasteiger partial charge in [0, 0.05) is 18.7 Å². The summed E-state index contributed by atoms with van der Waals surface area (Å²) in [7, 11) is 0. The van der Waals surface area contributed by atoms with E-state index in [9.17, 15) is 24.1 Å². The number of amides is 1. The van der Waals surface area contributed by atoms with Crippen LogP contribution in [0.1, 0.15) is 12.5 Å². The molecule has 0 aliphatic carbocycles. The van der Waals surface area contributed by atoms with E-state index in [2.05, 4.69) is 5.32 Å². The number of esters is 1. The van der Waals surface area contributed by atoms with Crippen LogP contribution in [0.15, 0.2) is 48.5 Å². The fraction of sp³-hybridized carbons (Fsp3) is 0.263. The minimum Gasteiger partial charge on any atom is -0.482 e. The van der Waals surface area contributed by atoms with Crippen LogP contribution in [-0.4, -0.2) is 36.1 Å². The molecule has 148 valence electrons. The zero-order valence-electron chi connectivity index (χ0n) is 15.1. The molecule has 1 atom stereocenters. The summed E-state index contributed by atoms with van der Waals surface area (Å²) < 4.78 is 23.0. The van der Waals surface area contributed by atoms with Gasteiger partial charge in [0.1, 0.15) is 11.6 Å². The normalized spacial score (nSPS) is 11.4. The van der Waals surface area contributed by atoms with E-state index in [0.717, 1.165) is 5.56 Å². The van der Waals surface area contributed by atoms with Crippen molar-refractivity contribution in [3.05, 3.63) is 70.0 Å². The van der Waals surface area contributed by atoms with Gasteiger partial charge in [0.25, 0.3) is 11.6 Å². The summed E-state index contributed by atoms with van der Waals surface area (Å²) in [5.41, 5.74) is 0.767. The van der Waals surface area contributed by atoms with Crippen LogP contribution in [0.25, 0.3) is 0 Å². The number of benzene rings is 2. The van der Waals surface area contributed by atoms with E-state index in [0.29, 0.717) is 13.0 Å². The van der Waals surface area contributed by atoms with Crippen LogP contribution in [-0.2, 0) is 20.7 Å². The van der Waals surface area contributed by atoms with Gasteiger partial charge in [0.15, 0.2) is 12.7 Å². The number of rotatable bonds is 9. The minimum atomic E-state index is -1.01. The maximum atomic E-state index is 12.8. The average molecular weight is 390 g/mol. The Kier molecular flexibility index (Phi) is 7.44. The van der Waals surface area contributed by atoms with Gasteiger partial charge in [-0.05, 0) is 43.2 Å². The van der Waals surface area contributed by atoms with E-state index < -0.39 is 29.5 Å². The number of hydrogen-bond acceptors (Lipinski definition) is 6. The Morgan fingerprint density at radius 3 is 2.39 bits per heavy atom. The van der Waals surface area contributed by atoms with Crippen molar-refractivity contribution < 1.29 is 28.4 Å². The summed E-state index contributed by atoms with van der Waals surface area (Å²) >= 11 is 0. The predicted molar refractivity (Wildman–Crippen MR) is 97.3 cm³/mol. The van der Waals surface area contributed by atoms with E-state index in [1.165, 1.54) is 43.3 Å². The standard InChI is InChI=1S/C19H19FN2O6/c1-13(19(24)21-11-10-14-2-4-15(20)5-3-14)28-18(23)12-27-17-8-6-16(7-9-17)22(25)26/h2-9,13H,10-12H2,1H3,(H,21,24)/t13-/m0/s1. The number of ether oxygens (including phenoxy) is 2. The fourth-order valence-electron chi connectivity index (χ4n) is 2.22. The zero-order valence-corrected chi connectivity index (χ0v) is 15.1. The fourth-order valence-corrected chi connectivity index (χ4v) is 2.22. The third-order valence-electron chi connectivity index (χ3n) is 3.71. The first-order chi connectivity index (χ1) is 13.3. The second-order valence-corrected chi connectivity index (χ2v) is 5.84. The molecule has 28 heavy (non-hydrogen) atoms. The molecule has 8 nitrogen and oxygen atoms in total. The second-order valence-electron chi connectivity index (χ2n) is 5.84. The molecule has 0 radical (unpaired) electrons. The smallest absolute Gasteiger partial charge is 0.344 e. The average Bonchev–Trinajstić information content (AvgIpc) is 2.68. The molecule has 1 N–H and O–H groups in total. The summed E-state index contributed by atoms with van der Waals surface area (Å²) in [6.45, 7) is 1.30. The summed E-state index contributed by atoms with van der Waals surface area (Å²) in [5, 5.41) is 13.2. The molecular weight excluding hydrogens is 371 g/mol. The third kappa shape index (κ3) is 6.67. The molecule has 1 amide bonds. The van der Waals surface area contributed by atoms with Crippen LogP contribution in [0.2, 0.25) is 0 Å². The summed E-state index contributed by atoms with van der Waals surface area (Å²) in [6, 6.07) is 11.1. The Labute approximate surface area is 160 Å². The van der Waals surface area contributed by atoms with Crippen LogP contribution in [0, 0.1) is 15.9 Å². The lowest BCUT2D eigenvalue weighted by Crippen LogP contribution is -2.37. The molecule has 0 saturated carbocycles. The molecule has 0 aromatic heterocycles. The van der Waals surface area contributed by atoms with E-state index in [1.54, 1.807) is 12.1 Å². The number of carbonyl (C=O) groups excluding carboxylic acids is 2. The van der Waals surface area contributed by atoms with Gasteiger partial charge in [-0.25, -0.2) is 9.18 Å². The van der Waals surface area contributed by atoms with Crippen molar-refractivity contribution in [3.8, 4) is 5.75 Å². The first kappa shape index (κ1) is 20.8. The van der Waals surface area contributed by atoms with Gasteiger partial charge in [-0.2, -0.15) is 0 Å². The quantitative estimate of drug-likeness (QED) is 0.400. The van der Waals surface area contributed by atoms with Crippen molar-refractivity contribution in [2.24, 2.45) is 0 Å². The highest BCUT2D eigenvalue weighted by Gasteiger charge is 2.18. The molecular formula is C19H19FN2O6. The number of hydrogen-bond donors (Lipinski definition) is 1. The van der Waals surface area contributed by atoms with E-state index in [1.807, 2.05) is 0 Å². The molecule has 9 heteroatoms. The number of non-ortho nitro benzene ring substituents is 1. The monoisotopic (exact) mass is 390 g/mol. The molecule has 0 saturated heterocycles. The molecule has 0 unspecified atom stereocenters. The molecule has 2 rings (SSSR count). The first-order valence-corrected chi connectivity index (χ1v) is 8.44. The maximum absolute atomic E-state index is 12.8. The molecule has 0 heterocycles. The van der Waals surface area contributed by atoms with Gasteiger partial charge in [0.05, 0.1) is 4.92 Å². The predicted octanol–water partition coefficient (Wildman–Crippen LogP) is 2.40. The SMILES string of the molecule is C[C@H](OC(=O)COc1ccc([N+](=O)[O-])cc1)C(=O)NCCc1ccc(F)cc1. The lowest BCUT2D eigenvalue weighted by Gasteiger charge is -2.14. The Bertz CT molecular complexity index is 823. The van der Waals surface area contributed by atoms with E-state index >= 15 is 0 Å². The highest BCUT2D eigenvalue weighted by molar-refractivity contribution is 5.83. The summed E-state index contributed by atoms with van der Waals surface area (Å²) in [6.07, 6.45) is -0.503. The number of nitro groups is 1.